The minimum atomic E-state index is -0.429. The van der Waals surface area contributed by atoms with Crippen LogP contribution in [0.1, 0.15) is 21.5 Å². The van der Waals surface area contributed by atoms with Gasteiger partial charge >= 0.3 is 5.97 Å². The Bertz CT molecular complexity index is 401. The third-order valence-electron chi connectivity index (χ3n) is 2.68. The molecule has 4 heteroatoms. The average Bonchev–Trinajstić information content (AvgIpc) is 2.30. The van der Waals surface area contributed by atoms with Crippen LogP contribution in [0, 0.1) is 13.8 Å². The minimum absolute atomic E-state index is 0.298. The normalized spacial score (nSPS) is 12.1. The zero-order valence-corrected chi connectivity index (χ0v) is 11.4. The van der Waals surface area contributed by atoms with Crippen molar-refractivity contribution in [1.29, 1.82) is 0 Å². The Kier molecular flexibility index (Phi) is 4.35. The summed E-state index contributed by atoms with van der Waals surface area (Å²) in [4.78, 5) is 11.0. The molecule has 1 aromatic rings. The van der Waals surface area contributed by atoms with Gasteiger partial charge in [-0.3, -0.25) is 4.79 Å². The van der Waals surface area contributed by atoms with E-state index in [0.717, 1.165) is 22.4 Å². The van der Waals surface area contributed by atoms with Crippen molar-refractivity contribution in [1.82, 2.24) is 0 Å². The fourth-order valence-electron chi connectivity index (χ4n) is 1.54. The van der Waals surface area contributed by atoms with Gasteiger partial charge in [0.2, 0.25) is 0 Å². The van der Waals surface area contributed by atoms with Crippen molar-refractivity contribution >= 4 is 21.9 Å². The summed E-state index contributed by atoms with van der Waals surface area (Å²) in [7, 11) is 3.01. The van der Waals surface area contributed by atoms with Crippen molar-refractivity contribution in [2.45, 2.75) is 18.7 Å². The number of methoxy groups -OCH3 is 2. The van der Waals surface area contributed by atoms with E-state index in [1.807, 2.05) is 26.0 Å². The molecule has 3 nitrogen and oxygen atoms in total. The van der Waals surface area contributed by atoms with E-state index < -0.39 is 4.83 Å². The van der Waals surface area contributed by atoms with Crippen LogP contribution in [0.3, 0.4) is 0 Å². The molecule has 1 rings (SSSR count). The molecule has 0 N–H and O–H groups in total. The maximum Gasteiger partial charge on any atom is 0.324 e. The largest absolute Gasteiger partial charge is 0.496 e. The lowest BCUT2D eigenvalue weighted by Gasteiger charge is -2.15. The van der Waals surface area contributed by atoms with Crippen LogP contribution < -0.4 is 4.74 Å². The van der Waals surface area contributed by atoms with Gasteiger partial charge in [-0.15, -0.1) is 0 Å². The van der Waals surface area contributed by atoms with Crippen molar-refractivity contribution in [3.8, 4) is 5.75 Å². The summed E-state index contributed by atoms with van der Waals surface area (Å²) in [6, 6.07) is 3.73. The summed E-state index contributed by atoms with van der Waals surface area (Å²) in [6.45, 7) is 3.93. The van der Waals surface area contributed by atoms with E-state index >= 15 is 0 Å². The first kappa shape index (κ1) is 13.0. The molecule has 88 valence electrons. The Hall–Kier alpha value is -1.03. The second kappa shape index (κ2) is 5.34. The predicted molar refractivity (Wildman–Crippen MR) is 66.2 cm³/mol. The van der Waals surface area contributed by atoms with Gasteiger partial charge < -0.3 is 9.47 Å². The number of halogens is 1. The summed E-state index contributed by atoms with van der Waals surface area (Å²) in [5.74, 6) is 0.526. The van der Waals surface area contributed by atoms with Gasteiger partial charge in [-0.25, -0.2) is 0 Å². The Morgan fingerprint density at radius 1 is 1.25 bits per heavy atom. The molecule has 0 saturated heterocycles. The van der Waals surface area contributed by atoms with Crippen LogP contribution in [-0.4, -0.2) is 20.2 Å². The molecule has 0 radical (unpaired) electrons. The number of carbonyl (C=O) groups excluding carboxylic acids is 1. The first-order valence-electron chi connectivity index (χ1n) is 4.89. The van der Waals surface area contributed by atoms with Gasteiger partial charge in [0, 0.05) is 0 Å². The van der Waals surface area contributed by atoms with Crippen LogP contribution in [0.5, 0.6) is 5.75 Å². The van der Waals surface area contributed by atoms with Crippen molar-refractivity contribution in [3.05, 3.63) is 28.8 Å². The highest BCUT2D eigenvalue weighted by Gasteiger charge is 2.21. The molecule has 1 aromatic carbocycles. The third-order valence-corrected chi connectivity index (χ3v) is 3.55. The van der Waals surface area contributed by atoms with E-state index in [-0.39, 0.29) is 5.97 Å². The number of esters is 1. The first-order chi connectivity index (χ1) is 7.52. The van der Waals surface area contributed by atoms with E-state index in [1.165, 1.54) is 7.11 Å². The first-order valence-corrected chi connectivity index (χ1v) is 5.80. The molecule has 0 heterocycles. The summed E-state index contributed by atoms with van der Waals surface area (Å²) < 4.78 is 9.92. The zero-order valence-electron chi connectivity index (χ0n) is 9.83. The van der Waals surface area contributed by atoms with Crippen LogP contribution in [0.2, 0.25) is 0 Å². The predicted octanol–water partition coefficient (Wildman–Crippen LogP) is 2.92. The van der Waals surface area contributed by atoms with Crippen LogP contribution in [0.4, 0.5) is 0 Å². The number of rotatable bonds is 3. The van der Waals surface area contributed by atoms with Gasteiger partial charge in [-0.2, -0.15) is 0 Å². The van der Waals surface area contributed by atoms with Crippen molar-refractivity contribution in [2.24, 2.45) is 0 Å². The van der Waals surface area contributed by atoms with E-state index in [9.17, 15) is 4.79 Å². The second-order valence-corrected chi connectivity index (χ2v) is 4.41. The molecule has 0 bridgehead atoms. The molecule has 0 aliphatic rings. The van der Waals surface area contributed by atoms with Crippen LogP contribution in [-0.2, 0) is 9.53 Å². The number of ether oxygens (including phenoxy) is 2. The smallest absolute Gasteiger partial charge is 0.324 e. The fourth-order valence-corrected chi connectivity index (χ4v) is 2.23. The molecule has 1 atom stereocenters. The standard InChI is InChI=1S/C12H15BrO3/c1-7-8(2)10(15-3)6-5-9(7)11(13)12(14)16-4/h5-6,11H,1-4H3. The topological polar surface area (TPSA) is 35.5 Å². The number of hydrogen-bond acceptors (Lipinski definition) is 3. The molecule has 0 saturated carbocycles. The van der Waals surface area contributed by atoms with Gasteiger partial charge in [0.1, 0.15) is 10.6 Å². The van der Waals surface area contributed by atoms with Crippen LogP contribution >= 0.6 is 15.9 Å². The minimum Gasteiger partial charge on any atom is -0.496 e. The highest BCUT2D eigenvalue weighted by molar-refractivity contribution is 9.09. The maximum atomic E-state index is 11.4. The lowest BCUT2D eigenvalue weighted by Crippen LogP contribution is -2.10. The Labute approximate surface area is 104 Å². The maximum absolute atomic E-state index is 11.4. The quantitative estimate of drug-likeness (QED) is 0.633. The van der Waals surface area contributed by atoms with Crippen LogP contribution in [0.25, 0.3) is 0 Å². The van der Waals surface area contributed by atoms with Crippen molar-refractivity contribution < 1.29 is 14.3 Å². The third kappa shape index (κ3) is 2.38. The Balaban J connectivity index is 3.17. The van der Waals surface area contributed by atoms with E-state index in [1.54, 1.807) is 7.11 Å². The molecule has 0 aromatic heterocycles. The highest BCUT2D eigenvalue weighted by atomic mass is 79.9. The Morgan fingerprint density at radius 3 is 2.38 bits per heavy atom. The lowest BCUT2D eigenvalue weighted by molar-refractivity contribution is -0.139. The number of carbonyl (C=O) groups is 1. The molecular weight excluding hydrogens is 272 g/mol. The monoisotopic (exact) mass is 286 g/mol. The molecule has 0 spiro atoms. The van der Waals surface area contributed by atoms with Crippen LogP contribution in [0.15, 0.2) is 12.1 Å². The number of alkyl halides is 1. The summed E-state index contributed by atoms with van der Waals surface area (Å²) in [6.07, 6.45) is 0. The van der Waals surface area contributed by atoms with Gasteiger partial charge in [0.05, 0.1) is 14.2 Å². The van der Waals surface area contributed by atoms with E-state index in [2.05, 4.69) is 15.9 Å². The van der Waals surface area contributed by atoms with Crippen molar-refractivity contribution in [3.63, 3.8) is 0 Å². The average molecular weight is 287 g/mol. The molecule has 0 fully saturated rings. The molecule has 1 unspecified atom stereocenters. The lowest BCUT2D eigenvalue weighted by atomic mass is 10.00. The fraction of sp³-hybridized carbons (Fsp3) is 0.417. The van der Waals surface area contributed by atoms with Gasteiger partial charge in [-0.1, -0.05) is 22.0 Å². The second-order valence-electron chi connectivity index (χ2n) is 3.49. The van der Waals surface area contributed by atoms with Gasteiger partial charge in [0.25, 0.3) is 0 Å². The van der Waals surface area contributed by atoms with E-state index in [0.29, 0.717) is 0 Å². The highest BCUT2D eigenvalue weighted by Crippen LogP contribution is 2.32. The zero-order chi connectivity index (χ0) is 12.3. The summed E-state index contributed by atoms with van der Waals surface area (Å²) in [5.41, 5.74) is 2.98. The molecular formula is C12H15BrO3. The number of benzene rings is 1. The van der Waals surface area contributed by atoms with Gasteiger partial charge in [0.15, 0.2) is 0 Å². The molecule has 0 aliphatic carbocycles. The molecule has 16 heavy (non-hydrogen) atoms. The summed E-state index contributed by atoms with van der Waals surface area (Å²) in [5, 5.41) is 0. The Morgan fingerprint density at radius 2 is 1.88 bits per heavy atom. The van der Waals surface area contributed by atoms with Crippen molar-refractivity contribution in [2.75, 3.05) is 14.2 Å². The SMILES string of the molecule is COC(=O)C(Br)c1ccc(OC)c(C)c1C. The molecule has 0 aliphatic heterocycles. The van der Waals surface area contributed by atoms with Gasteiger partial charge in [-0.05, 0) is 36.6 Å². The summed E-state index contributed by atoms with van der Waals surface area (Å²) >= 11 is 3.33. The molecule has 0 amide bonds. The number of hydrogen-bond donors (Lipinski definition) is 0. The van der Waals surface area contributed by atoms with E-state index in [4.69, 9.17) is 9.47 Å².